The molecule has 2 saturated heterocycles. The molecule has 5 rings (SSSR count). The molecule has 2 heterocycles. The summed E-state index contributed by atoms with van der Waals surface area (Å²) in [7, 11) is -6.83. The molecule has 0 aromatic heterocycles. The molecular formula is C31H51N5O5S2. The van der Waals surface area contributed by atoms with Crippen LogP contribution in [0.1, 0.15) is 57.9 Å². The number of hydrogen-bond acceptors (Lipinski definition) is 8. The van der Waals surface area contributed by atoms with E-state index in [0.29, 0.717) is 32.1 Å². The molecule has 2 saturated carbocycles. The van der Waals surface area contributed by atoms with Crippen LogP contribution in [0.15, 0.2) is 24.3 Å². The maximum absolute atomic E-state index is 14.1. The second kappa shape index (κ2) is 12.6. The topological polar surface area (TPSA) is 128 Å². The van der Waals surface area contributed by atoms with Gasteiger partial charge in [0.2, 0.25) is 15.9 Å². The standard InChI is InChI=1S/C31H51N5O5S2/c1-23-7-5-6-8-27(23)35-16-18-36(19-17-35)43(40,41)22-31-13-9-24(30(31,2)3)21-28(31)34-29(37)26(12-20-42(4,38)39)33-25-10-14-32-15-11-25/h5-8,24-26,28,32-33H,9-22H2,1-4H3,(H,34,37)/t24?,26-,28?,31?/m0/s1. The van der Waals surface area contributed by atoms with E-state index in [1.807, 2.05) is 12.1 Å². The highest BCUT2D eigenvalue weighted by molar-refractivity contribution is 7.90. The van der Waals surface area contributed by atoms with Gasteiger partial charge in [0.25, 0.3) is 0 Å². The van der Waals surface area contributed by atoms with Crippen LogP contribution < -0.4 is 20.9 Å². The Morgan fingerprint density at radius 2 is 1.72 bits per heavy atom. The average molecular weight is 638 g/mol. The van der Waals surface area contributed by atoms with E-state index in [9.17, 15) is 21.6 Å². The third kappa shape index (κ3) is 6.93. The van der Waals surface area contributed by atoms with Gasteiger partial charge in [-0.25, -0.2) is 16.8 Å². The number of piperidine rings is 1. The fraction of sp³-hybridized carbons (Fsp3) is 0.774. The molecule has 10 nitrogen and oxygen atoms in total. The number of piperazine rings is 1. The van der Waals surface area contributed by atoms with E-state index in [1.54, 1.807) is 4.31 Å². The molecule has 2 aliphatic carbocycles. The van der Waals surface area contributed by atoms with Crippen LogP contribution >= 0.6 is 0 Å². The molecule has 1 amide bonds. The van der Waals surface area contributed by atoms with E-state index in [1.165, 1.54) is 11.8 Å². The van der Waals surface area contributed by atoms with Crippen molar-refractivity contribution in [2.75, 3.05) is 61.9 Å². The van der Waals surface area contributed by atoms with Gasteiger partial charge in [0.15, 0.2) is 0 Å². The molecule has 3 N–H and O–H groups in total. The normalized spacial score (nSPS) is 29.1. The van der Waals surface area contributed by atoms with E-state index in [-0.39, 0.29) is 41.3 Å². The predicted octanol–water partition coefficient (Wildman–Crippen LogP) is 1.90. The Kier molecular flexibility index (Phi) is 9.55. The number of amides is 1. The molecule has 1 aromatic carbocycles. The summed E-state index contributed by atoms with van der Waals surface area (Å²) in [6.45, 7) is 10.3. The summed E-state index contributed by atoms with van der Waals surface area (Å²) >= 11 is 0. The van der Waals surface area contributed by atoms with Crippen molar-refractivity contribution in [3.05, 3.63) is 29.8 Å². The summed E-state index contributed by atoms with van der Waals surface area (Å²) in [5, 5.41) is 10.1. The minimum absolute atomic E-state index is 0.0224. The summed E-state index contributed by atoms with van der Waals surface area (Å²) in [5.74, 6) is 0.0709. The van der Waals surface area contributed by atoms with Crippen LogP contribution in [-0.2, 0) is 24.7 Å². The zero-order chi connectivity index (χ0) is 31.0. The zero-order valence-corrected chi connectivity index (χ0v) is 27.9. The average Bonchev–Trinajstić information content (AvgIpc) is 3.30. The highest BCUT2D eigenvalue weighted by atomic mass is 32.2. The molecule has 4 fully saturated rings. The van der Waals surface area contributed by atoms with Gasteiger partial charge in [-0.1, -0.05) is 32.0 Å². The molecule has 2 aliphatic heterocycles. The molecule has 0 radical (unpaired) electrons. The number of nitrogens with zero attached hydrogens (tertiary/aromatic N) is 2. The lowest BCUT2D eigenvalue weighted by Gasteiger charge is -2.45. The van der Waals surface area contributed by atoms with Gasteiger partial charge < -0.3 is 20.9 Å². The number of fused-ring (bicyclic) bond motifs is 2. The Morgan fingerprint density at radius 3 is 2.35 bits per heavy atom. The first-order chi connectivity index (χ1) is 20.2. The number of sulfone groups is 1. The third-order valence-electron chi connectivity index (χ3n) is 11.1. The second-order valence-electron chi connectivity index (χ2n) is 14.0. The Labute approximate surface area is 258 Å². The number of carbonyl (C=O) groups is 1. The lowest BCUT2D eigenvalue weighted by Crippen LogP contribution is -2.59. The first kappa shape index (κ1) is 32.7. The highest BCUT2D eigenvalue weighted by Crippen LogP contribution is 2.66. The van der Waals surface area contributed by atoms with Crippen LogP contribution in [0, 0.1) is 23.7 Å². The first-order valence-electron chi connectivity index (χ1n) is 16.0. The van der Waals surface area contributed by atoms with Gasteiger partial charge in [-0.3, -0.25) is 4.79 Å². The highest BCUT2D eigenvalue weighted by Gasteiger charge is 2.66. The Balaban J connectivity index is 1.30. The van der Waals surface area contributed by atoms with E-state index < -0.39 is 31.3 Å². The van der Waals surface area contributed by atoms with Crippen molar-refractivity contribution in [1.29, 1.82) is 0 Å². The van der Waals surface area contributed by atoms with Crippen molar-refractivity contribution >= 4 is 31.5 Å². The van der Waals surface area contributed by atoms with Crippen molar-refractivity contribution in [3.63, 3.8) is 0 Å². The Hall–Kier alpha value is -1.73. The lowest BCUT2D eigenvalue weighted by atomic mass is 9.69. The fourth-order valence-electron chi connectivity index (χ4n) is 8.33. The van der Waals surface area contributed by atoms with E-state index in [0.717, 1.165) is 50.9 Å². The Bertz CT molecular complexity index is 1370. The summed E-state index contributed by atoms with van der Waals surface area (Å²) in [6, 6.07) is 7.44. The van der Waals surface area contributed by atoms with E-state index in [4.69, 9.17) is 0 Å². The van der Waals surface area contributed by atoms with Crippen LogP contribution in [0.2, 0.25) is 0 Å². The quantitative estimate of drug-likeness (QED) is 0.336. The first-order valence-corrected chi connectivity index (χ1v) is 19.6. The molecule has 0 spiro atoms. The number of para-hydroxylation sites is 1. The van der Waals surface area contributed by atoms with Gasteiger partial charge in [0, 0.05) is 55.6 Å². The van der Waals surface area contributed by atoms with Crippen LogP contribution in [0.25, 0.3) is 0 Å². The smallest absolute Gasteiger partial charge is 0.237 e. The molecule has 2 bridgehead atoms. The number of sulfonamides is 1. The van der Waals surface area contributed by atoms with Crippen LogP contribution in [-0.4, -0.2) is 102 Å². The van der Waals surface area contributed by atoms with Crippen molar-refractivity contribution in [3.8, 4) is 0 Å². The number of rotatable bonds is 11. The fourth-order valence-corrected chi connectivity index (χ4v) is 11.3. The third-order valence-corrected chi connectivity index (χ3v) is 14.2. The number of hydrogen-bond donors (Lipinski definition) is 3. The SMILES string of the molecule is Cc1ccccc1N1CCN(S(=O)(=O)CC23CCC(CC2NC(=O)[C@H](CCS(C)(=O)=O)NC2CCNCC2)C3(C)C)CC1. The van der Waals surface area contributed by atoms with Crippen LogP contribution in [0.3, 0.4) is 0 Å². The van der Waals surface area contributed by atoms with E-state index >= 15 is 0 Å². The van der Waals surface area contributed by atoms with Crippen molar-refractivity contribution < 1.29 is 21.6 Å². The molecule has 12 heteroatoms. The predicted molar refractivity (Wildman–Crippen MR) is 171 cm³/mol. The molecule has 3 unspecified atom stereocenters. The monoisotopic (exact) mass is 637 g/mol. The molecule has 242 valence electrons. The summed E-state index contributed by atoms with van der Waals surface area (Å²) in [6.07, 6.45) is 5.62. The van der Waals surface area contributed by atoms with Gasteiger partial charge in [-0.2, -0.15) is 4.31 Å². The van der Waals surface area contributed by atoms with Crippen LogP contribution in [0.4, 0.5) is 5.69 Å². The van der Waals surface area contributed by atoms with Crippen LogP contribution in [0.5, 0.6) is 0 Å². The number of anilines is 1. The number of aryl methyl sites for hydroxylation is 1. The van der Waals surface area contributed by atoms with Gasteiger partial charge in [-0.15, -0.1) is 0 Å². The van der Waals surface area contributed by atoms with Crippen molar-refractivity contribution in [1.82, 2.24) is 20.3 Å². The maximum Gasteiger partial charge on any atom is 0.237 e. The minimum atomic E-state index is -3.59. The maximum atomic E-state index is 14.1. The molecule has 4 atom stereocenters. The van der Waals surface area contributed by atoms with Crippen molar-refractivity contribution in [2.24, 2.45) is 16.7 Å². The Morgan fingerprint density at radius 1 is 1.05 bits per heavy atom. The zero-order valence-electron chi connectivity index (χ0n) is 26.3. The molecule has 4 aliphatic rings. The van der Waals surface area contributed by atoms with Gasteiger partial charge >= 0.3 is 0 Å². The summed E-state index contributed by atoms with van der Waals surface area (Å²) in [5.41, 5.74) is 1.52. The minimum Gasteiger partial charge on any atom is -0.369 e. The van der Waals surface area contributed by atoms with E-state index in [2.05, 4.69) is 53.8 Å². The van der Waals surface area contributed by atoms with Gasteiger partial charge in [0.1, 0.15) is 9.84 Å². The lowest BCUT2D eigenvalue weighted by molar-refractivity contribution is -0.125. The molecule has 43 heavy (non-hydrogen) atoms. The number of carbonyl (C=O) groups excluding carboxylic acids is 1. The number of benzene rings is 1. The van der Waals surface area contributed by atoms with Gasteiger partial charge in [-0.05, 0) is 81.5 Å². The molecule has 1 aromatic rings. The molecular weight excluding hydrogens is 587 g/mol. The second-order valence-corrected chi connectivity index (χ2v) is 18.2. The van der Waals surface area contributed by atoms with Gasteiger partial charge in [0.05, 0.1) is 17.5 Å². The van der Waals surface area contributed by atoms with Crippen molar-refractivity contribution in [2.45, 2.75) is 77.4 Å². The number of nitrogens with one attached hydrogen (secondary N) is 3. The largest absolute Gasteiger partial charge is 0.369 e. The summed E-state index contributed by atoms with van der Waals surface area (Å²) < 4.78 is 53.8. The summed E-state index contributed by atoms with van der Waals surface area (Å²) in [4.78, 5) is 16.1.